The van der Waals surface area contributed by atoms with Crippen molar-refractivity contribution in [3.05, 3.63) is 71.8 Å². The highest BCUT2D eigenvalue weighted by atomic mass is 16.2. The van der Waals surface area contributed by atoms with Gasteiger partial charge in [-0.25, -0.2) is 0 Å². The van der Waals surface area contributed by atoms with Crippen molar-refractivity contribution in [2.45, 2.75) is 26.3 Å². The molecule has 0 radical (unpaired) electrons. The molecule has 3 heteroatoms. The van der Waals surface area contributed by atoms with E-state index in [1.54, 1.807) is 0 Å². The number of likely N-dealkylation sites (tertiary alicyclic amines) is 1. The quantitative estimate of drug-likeness (QED) is 0.863. The topological polar surface area (TPSA) is 33.5 Å². The molecule has 3 rings (SSSR count). The summed E-state index contributed by atoms with van der Waals surface area (Å²) >= 11 is 0. The molecule has 1 aliphatic rings. The fourth-order valence-corrected chi connectivity index (χ4v) is 4.16. The Morgan fingerprint density at radius 2 is 1.44 bits per heavy atom. The lowest BCUT2D eigenvalue weighted by Gasteiger charge is -2.32. The molecule has 3 nitrogen and oxygen atoms in total. The summed E-state index contributed by atoms with van der Waals surface area (Å²) in [5.41, 5.74) is 2.25. The maximum Gasteiger partial charge on any atom is 0.275 e. The van der Waals surface area contributed by atoms with Gasteiger partial charge in [-0.15, -0.1) is 0 Å². The van der Waals surface area contributed by atoms with E-state index in [0.29, 0.717) is 18.4 Å². The first-order valence-electron chi connectivity index (χ1n) is 9.34. The SMILES string of the molecule is C[C@@H]1C[C@H](C)C[NH+](CC(=O)NC(c2ccccc2)c2ccccc2)C1. The third-order valence-electron chi connectivity index (χ3n) is 5.06. The van der Waals surface area contributed by atoms with Gasteiger partial charge in [0, 0.05) is 11.8 Å². The highest BCUT2D eigenvalue weighted by Crippen LogP contribution is 2.21. The third-order valence-corrected chi connectivity index (χ3v) is 5.06. The van der Waals surface area contributed by atoms with Crippen LogP contribution in [0.4, 0.5) is 0 Å². The molecule has 1 aliphatic heterocycles. The van der Waals surface area contributed by atoms with E-state index in [1.807, 2.05) is 36.4 Å². The lowest BCUT2D eigenvalue weighted by atomic mass is 9.92. The van der Waals surface area contributed by atoms with Crippen LogP contribution >= 0.6 is 0 Å². The van der Waals surface area contributed by atoms with E-state index in [1.165, 1.54) is 11.3 Å². The van der Waals surface area contributed by atoms with Crippen molar-refractivity contribution in [3.8, 4) is 0 Å². The molecule has 2 N–H and O–H groups in total. The number of carbonyl (C=O) groups excluding carboxylic acids is 1. The Bertz CT molecular complexity index is 621. The van der Waals surface area contributed by atoms with Crippen LogP contribution in [-0.4, -0.2) is 25.5 Å². The minimum atomic E-state index is -0.0889. The van der Waals surface area contributed by atoms with Gasteiger partial charge >= 0.3 is 0 Å². The predicted octanol–water partition coefficient (Wildman–Crippen LogP) is 2.45. The summed E-state index contributed by atoms with van der Waals surface area (Å²) in [6.07, 6.45) is 1.28. The standard InChI is InChI=1S/C22H28N2O/c1-17-13-18(2)15-24(14-17)16-21(25)23-22(19-9-5-3-6-10-19)20-11-7-4-8-12-20/h3-12,17-18,22H,13-16H2,1-2H3,(H,23,25)/p+1/t17-,18+. The van der Waals surface area contributed by atoms with Crippen LogP contribution in [0, 0.1) is 11.8 Å². The zero-order valence-corrected chi connectivity index (χ0v) is 15.2. The maximum atomic E-state index is 12.7. The van der Waals surface area contributed by atoms with Gasteiger partial charge in [-0.3, -0.25) is 4.79 Å². The van der Waals surface area contributed by atoms with Gasteiger partial charge in [0.25, 0.3) is 5.91 Å². The second-order valence-corrected chi connectivity index (χ2v) is 7.60. The summed E-state index contributed by atoms with van der Waals surface area (Å²) in [6, 6.07) is 20.3. The van der Waals surface area contributed by atoms with Crippen molar-refractivity contribution >= 4 is 5.91 Å². The van der Waals surface area contributed by atoms with Crippen LogP contribution in [0.3, 0.4) is 0 Å². The molecule has 0 bridgehead atoms. The second-order valence-electron chi connectivity index (χ2n) is 7.60. The maximum absolute atomic E-state index is 12.7. The molecule has 0 spiro atoms. The molecule has 1 amide bonds. The van der Waals surface area contributed by atoms with E-state index < -0.39 is 0 Å². The average molecular weight is 337 g/mol. The molecule has 1 saturated heterocycles. The minimum absolute atomic E-state index is 0.0889. The summed E-state index contributed by atoms with van der Waals surface area (Å²) in [4.78, 5) is 14.2. The minimum Gasteiger partial charge on any atom is -0.340 e. The molecular formula is C22H29N2O+. The van der Waals surface area contributed by atoms with Crippen molar-refractivity contribution in [2.75, 3.05) is 19.6 Å². The smallest absolute Gasteiger partial charge is 0.275 e. The van der Waals surface area contributed by atoms with E-state index in [0.717, 1.165) is 24.2 Å². The number of piperidine rings is 1. The van der Waals surface area contributed by atoms with Crippen LogP contribution in [0.5, 0.6) is 0 Å². The second kappa shape index (κ2) is 8.30. The number of rotatable bonds is 5. The Morgan fingerprint density at radius 3 is 1.92 bits per heavy atom. The summed E-state index contributed by atoms with van der Waals surface area (Å²) in [5.74, 6) is 1.53. The number of nitrogens with one attached hydrogen (secondary N) is 2. The predicted molar refractivity (Wildman–Crippen MR) is 101 cm³/mol. The molecule has 0 aromatic heterocycles. The van der Waals surface area contributed by atoms with Gasteiger partial charge < -0.3 is 10.2 Å². The fourth-order valence-electron chi connectivity index (χ4n) is 4.16. The van der Waals surface area contributed by atoms with E-state index in [2.05, 4.69) is 43.4 Å². The lowest BCUT2D eigenvalue weighted by Crippen LogP contribution is -3.15. The van der Waals surface area contributed by atoms with Crippen LogP contribution in [0.1, 0.15) is 37.4 Å². The Hall–Kier alpha value is -2.13. The van der Waals surface area contributed by atoms with E-state index in [4.69, 9.17) is 0 Å². The normalized spacial score (nSPS) is 23.4. The average Bonchev–Trinajstić information content (AvgIpc) is 2.60. The Kier molecular flexibility index (Phi) is 5.87. The molecule has 0 aliphatic carbocycles. The van der Waals surface area contributed by atoms with Crippen molar-refractivity contribution in [3.63, 3.8) is 0 Å². The van der Waals surface area contributed by atoms with Gasteiger partial charge in [-0.1, -0.05) is 74.5 Å². The van der Waals surface area contributed by atoms with Gasteiger partial charge in [-0.05, 0) is 17.5 Å². The van der Waals surface area contributed by atoms with Crippen molar-refractivity contribution in [1.82, 2.24) is 5.32 Å². The van der Waals surface area contributed by atoms with Gasteiger partial charge in [-0.2, -0.15) is 0 Å². The van der Waals surface area contributed by atoms with Crippen molar-refractivity contribution < 1.29 is 9.69 Å². The molecule has 25 heavy (non-hydrogen) atoms. The number of hydrogen-bond acceptors (Lipinski definition) is 1. The zero-order valence-electron chi connectivity index (χ0n) is 15.2. The molecule has 132 valence electrons. The van der Waals surface area contributed by atoms with E-state index in [-0.39, 0.29) is 11.9 Å². The number of hydrogen-bond donors (Lipinski definition) is 2. The first-order chi connectivity index (χ1) is 12.1. The Morgan fingerprint density at radius 1 is 0.960 bits per heavy atom. The lowest BCUT2D eigenvalue weighted by molar-refractivity contribution is -0.904. The summed E-state index contributed by atoms with van der Waals surface area (Å²) in [5, 5.41) is 3.27. The molecule has 1 heterocycles. The van der Waals surface area contributed by atoms with Crippen molar-refractivity contribution in [1.29, 1.82) is 0 Å². The molecular weight excluding hydrogens is 308 g/mol. The first kappa shape index (κ1) is 17.7. The van der Waals surface area contributed by atoms with Crippen LogP contribution in [-0.2, 0) is 4.79 Å². The Balaban J connectivity index is 1.71. The van der Waals surface area contributed by atoms with Gasteiger partial charge in [0.15, 0.2) is 6.54 Å². The summed E-state index contributed by atoms with van der Waals surface area (Å²) < 4.78 is 0. The largest absolute Gasteiger partial charge is 0.340 e. The molecule has 2 aromatic carbocycles. The molecule has 3 atom stereocenters. The van der Waals surface area contributed by atoms with Gasteiger partial charge in [0.2, 0.25) is 0 Å². The number of amides is 1. The molecule has 1 fully saturated rings. The van der Waals surface area contributed by atoms with Crippen LogP contribution < -0.4 is 10.2 Å². The molecule has 1 unspecified atom stereocenters. The monoisotopic (exact) mass is 337 g/mol. The zero-order chi connectivity index (χ0) is 17.6. The third kappa shape index (κ3) is 4.93. The molecule has 2 aromatic rings. The highest BCUT2D eigenvalue weighted by Gasteiger charge is 2.27. The van der Waals surface area contributed by atoms with Crippen LogP contribution in [0.2, 0.25) is 0 Å². The number of carbonyl (C=O) groups is 1. The summed E-state index contributed by atoms with van der Waals surface area (Å²) in [6.45, 7) is 7.34. The first-order valence-corrected chi connectivity index (χ1v) is 9.34. The van der Waals surface area contributed by atoms with Crippen LogP contribution in [0.25, 0.3) is 0 Å². The van der Waals surface area contributed by atoms with E-state index in [9.17, 15) is 4.79 Å². The number of quaternary nitrogens is 1. The number of benzene rings is 2. The Labute approximate surface area is 151 Å². The fraction of sp³-hybridized carbons (Fsp3) is 0.409. The molecule has 0 saturated carbocycles. The van der Waals surface area contributed by atoms with Gasteiger partial charge in [0.05, 0.1) is 19.1 Å². The van der Waals surface area contributed by atoms with Crippen molar-refractivity contribution in [2.24, 2.45) is 11.8 Å². The summed E-state index contributed by atoms with van der Waals surface area (Å²) in [7, 11) is 0. The van der Waals surface area contributed by atoms with E-state index >= 15 is 0 Å². The van der Waals surface area contributed by atoms with Crippen LogP contribution in [0.15, 0.2) is 60.7 Å². The van der Waals surface area contributed by atoms with Gasteiger partial charge in [0.1, 0.15) is 0 Å². The highest BCUT2D eigenvalue weighted by molar-refractivity contribution is 5.78.